The number of amides is 2. The van der Waals surface area contributed by atoms with E-state index in [2.05, 4.69) is 15.5 Å². The third kappa shape index (κ3) is 3.45. The first kappa shape index (κ1) is 16.7. The first-order valence-electron chi connectivity index (χ1n) is 8.52. The molecule has 1 aromatic carbocycles. The van der Waals surface area contributed by atoms with Crippen LogP contribution in [0.3, 0.4) is 0 Å². The molecule has 0 saturated carbocycles. The molecule has 0 radical (unpaired) electrons. The van der Waals surface area contributed by atoms with Gasteiger partial charge < -0.3 is 14.7 Å². The average molecular weight is 370 g/mol. The molecule has 4 rings (SSSR count). The van der Waals surface area contributed by atoms with Crippen molar-refractivity contribution in [1.29, 1.82) is 0 Å². The average Bonchev–Trinajstić information content (AvgIpc) is 3.32. The zero-order valence-corrected chi connectivity index (χ0v) is 14.9. The van der Waals surface area contributed by atoms with E-state index in [1.807, 2.05) is 29.6 Å². The van der Waals surface area contributed by atoms with Crippen molar-refractivity contribution >= 4 is 39.3 Å². The van der Waals surface area contributed by atoms with Gasteiger partial charge in [-0.3, -0.25) is 9.59 Å². The van der Waals surface area contributed by atoms with Crippen molar-refractivity contribution < 1.29 is 14.1 Å². The number of rotatable bonds is 4. The molecule has 8 heteroatoms. The van der Waals surface area contributed by atoms with Gasteiger partial charge in [0.25, 0.3) is 0 Å². The van der Waals surface area contributed by atoms with Crippen molar-refractivity contribution in [3.63, 3.8) is 0 Å². The third-order valence-electron chi connectivity index (χ3n) is 4.65. The van der Waals surface area contributed by atoms with E-state index in [4.69, 9.17) is 4.52 Å². The topological polar surface area (TPSA) is 88.3 Å². The summed E-state index contributed by atoms with van der Waals surface area (Å²) in [5, 5.41) is 10.2. The monoisotopic (exact) mass is 370 g/mol. The predicted molar refractivity (Wildman–Crippen MR) is 97.8 cm³/mol. The highest BCUT2D eigenvalue weighted by Gasteiger charge is 2.28. The van der Waals surface area contributed by atoms with Crippen LogP contribution in [-0.2, 0) is 16.0 Å². The van der Waals surface area contributed by atoms with E-state index in [1.165, 1.54) is 11.3 Å². The first-order chi connectivity index (χ1) is 12.7. The summed E-state index contributed by atoms with van der Waals surface area (Å²) in [5.41, 5.74) is 1.35. The molecule has 0 spiro atoms. The summed E-state index contributed by atoms with van der Waals surface area (Å²) >= 11 is 1.40. The fourth-order valence-corrected chi connectivity index (χ4v) is 3.74. The summed E-state index contributed by atoms with van der Waals surface area (Å²) in [5.74, 6) is -0.0896. The van der Waals surface area contributed by atoms with Crippen molar-refractivity contribution in [2.45, 2.75) is 19.3 Å². The number of hydrogen-bond donors (Lipinski definition) is 1. The molecule has 1 aliphatic rings. The molecule has 3 aromatic rings. The Bertz CT molecular complexity index is 914. The van der Waals surface area contributed by atoms with Gasteiger partial charge in [-0.05, 0) is 25.0 Å². The maximum absolute atomic E-state index is 12.6. The largest absolute Gasteiger partial charge is 0.356 e. The molecular weight excluding hydrogens is 352 g/mol. The number of carbonyl (C=O) groups is 2. The summed E-state index contributed by atoms with van der Waals surface area (Å²) in [6.45, 7) is 1.15. The Morgan fingerprint density at radius 3 is 2.85 bits per heavy atom. The van der Waals surface area contributed by atoms with Crippen LogP contribution in [0.5, 0.6) is 0 Å². The van der Waals surface area contributed by atoms with E-state index in [0.29, 0.717) is 42.3 Å². The minimum absolute atomic E-state index is 0.0165. The zero-order valence-electron chi connectivity index (χ0n) is 14.1. The van der Waals surface area contributed by atoms with Gasteiger partial charge in [-0.1, -0.05) is 17.3 Å². The number of nitrogens with zero attached hydrogens (tertiary/aromatic N) is 3. The van der Waals surface area contributed by atoms with Gasteiger partial charge in [0.2, 0.25) is 11.8 Å². The molecule has 26 heavy (non-hydrogen) atoms. The van der Waals surface area contributed by atoms with E-state index < -0.39 is 0 Å². The van der Waals surface area contributed by atoms with Gasteiger partial charge in [0, 0.05) is 36.0 Å². The van der Waals surface area contributed by atoms with Crippen LogP contribution < -0.4 is 5.32 Å². The predicted octanol–water partition coefficient (Wildman–Crippen LogP) is 2.70. The number of hydrogen-bond acceptors (Lipinski definition) is 6. The van der Waals surface area contributed by atoms with E-state index in [-0.39, 0.29) is 24.2 Å². The lowest BCUT2D eigenvalue weighted by molar-refractivity contribution is -0.133. The quantitative estimate of drug-likeness (QED) is 0.763. The molecule has 0 aliphatic carbocycles. The minimum atomic E-state index is -0.0872. The molecule has 0 unspecified atom stereocenters. The van der Waals surface area contributed by atoms with Crippen LogP contribution in [-0.4, -0.2) is 39.9 Å². The molecule has 2 amide bonds. The Balaban J connectivity index is 1.32. The van der Waals surface area contributed by atoms with E-state index >= 15 is 0 Å². The summed E-state index contributed by atoms with van der Waals surface area (Å²) < 4.78 is 5.26. The highest BCUT2D eigenvalue weighted by atomic mass is 32.1. The Morgan fingerprint density at radius 2 is 2.08 bits per heavy atom. The second-order valence-electron chi connectivity index (χ2n) is 6.28. The molecule has 1 fully saturated rings. The van der Waals surface area contributed by atoms with Gasteiger partial charge in [-0.25, -0.2) is 4.98 Å². The fourth-order valence-electron chi connectivity index (χ4n) is 3.20. The molecule has 3 heterocycles. The SMILES string of the molecule is O=C(Nc1nccs1)C1CCN(C(=O)Cc2noc3ccccc23)CC1. The molecule has 2 aromatic heterocycles. The molecule has 7 nitrogen and oxygen atoms in total. The lowest BCUT2D eigenvalue weighted by Gasteiger charge is -2.31. The number of aromatic nitrogens is 2. The molecule has 1 N–H and O–H groups in total. The highest BCUT2D eigenvalue weighted by Crippen LogP contribution is 2.22. The second-order valence-corrected chi connectivity index (χ2v) is 7.18. The van der Waals surface area contributed by atoms with Gasteiger partial charge >= 0.3 is 0 Å². The van der Waals surface area contributed by atoms with Gasteiger partial charge in [-0.2, -0.15) is 0 Å². The van der Waals surface area contributed by atoms with Crippen molar-refractivity contribution in [2.24, 2.45) is 5.92 Å². The van der Waals surface area contributed by atoms with E-state index in [9.17, 15) is 9.59 Å². The molecule has 1 saturated heterocycles. The molecule has 134 valence electrons. The number of fused-ring (bicyclic) bond motifs is 1. The first-order valence-corrected chi connectivity index (χ1v) is 9.40. The van der Waals surface area contributed by atoms with Crippen LogP contribution in [0, 0.1) is 5.92 Å². The van der Waals surface area contributed by atoms with Crippen molar-refractivity contribution in [1.82, 2.24) is 15.0 Å². The Hall–Kier alpha value is -2.74. The standard InChI is InChI=1S/C18H18N4O3S/c23-16(11-14-13-3-1-2-4-15(13)25-21-14)22-8-5-12(6-9-22)17(24)20-18-19-7-10-26-18/h1-4,7,10,12H,5-6,8-9,11H2,(H,19,20,24). The maximum Gasteiger partial charge on any atom is 0.229 e. The van der Waals surface area contributed by atoms with Crippen molar-refractivity contribution in [3.05, 3.63) is 41.5 Å². The normalized spacial score (nSPS) is 15.3. The number of anilines is 1. The number of piperidine rings is 1. The highest BCUT2D eigenvalue weighted by molar-refractivity contribution is 7.13. The molecule has 0 bridgehead atoms. The van der Waals surface area contributed by atoms with Gasteiger partial charge in [0.1, 0.15) is 5.69 Å². The summed E-state index contributed by atoms with van der Waals surface area (Å²) in [7, 11) is 0. The number of para-hydroxylation sites is 1. The van der Waals surface area contributed by atoms with Crippen LogP contribution in [0.4, 0.5) is 5.13 Å². The molecule has 0 atom stereocenters. The minimum Gasteiger partial charge on any atom is -0.356 e. The molecule has 1 aliphatic heterocycles. The lowest BCUT2D eigenvalue weighted by Crippen LogP contribution is -2.42. The smallest absolute Gasteiger partial charge is 0.229 e. The Kier molecular flexibility index (Phi) is 4.66. The van der Waals surface area contributed by atoms with Gasteiger partial charge in [-0.15, -0.1) is 11.3 Å². The van der Waals surface area contributed by atoms with Crippen molar-refractivity contribution in [2.75, 3.05) is 18.4 Å². The second kappa shape index (κ2) is 7.25. The van der Waals surface area contributed by atoms with Gasteiger partial charge in [0.05, 0.1) is 6.42 Å². The fraction of sp³-hybridized carbons (Fsp3) is 0.333. The van der Waals surface area contributed by atoms with Crippen molar-refractivity contribution in [3.8, 4) is 0 Å². The van der Waals surface area contributed by atoms with Crippen LogP contribution in [0.15, 0.2) is 40.4 Å². The molecular formula is C18H18N4O3S. The summed E-state index contributed by atoms with van der Waals surface area (Å²) in [4.78, 5) is 30.7. The number of carbonyl (C=O) groups excluding carboxylic acids is 2. The lowest BCUT2D eigenvalue weighted by atomic mass is 9.95. The van der Waals surface area contributed by atoms with E-state index in [0.717, 1.165) is 5.39 Å². The zero-order chi connectivity index (χ0) is 17.9. The van der Waals surface area contributed by atoms with Crippen LogP contribution >= 0.6 is 11.3 Å². The maximum atomic E-state index is 12.6. The number of likely N-dealkylation sites (tertiary alicyclic amines) is 1. The van der Waals surface area contributed by atoms with Crippen LogP contribution in [0.2, 0.25) is 0 Å². The number of nitrogens with one attached hydrogen (secondary N) is 1. The summed E-state index contributed by atoms with van der Waals surface area (Å²) in [6.07, 6.45) is 3.19. The number of thiazole rings is 1. The van der Waals surface area contributed by atoms with E-state index in [1.54, 1.807) is 11.1 Å². The summed E-state index contributed by atoms with van der Waals surface area (Å²) in [6, 6.07) is 7.52. The van der Waals surface area contributed by atoms with Crippen LogP contribution in [0.1, 0.15) is 18.5 Å². The Morgan fingerprint density at radius 1 is 1.27 bits per heavy atom. The third-order valence-corrected chi connectivity index (χ3v) is 5.34. The Labute approximate surface area is 154 Å². The number of benzene rings is 1. The van der Waals surface area contributed by atoms with Gasteiger partial charge in [0.15, 0.2) is 10.7 Å². The van der Waals surface area contributed by atoms with Crippen LogP contribution in [0.25, 0.3) is 11.0 Å².